The smallest absolute Gasteiger partial charge is 0.419 e. The number of fused-ring (bicyclic) bond motifs is 1. The quantitative estimate of drug-likeness (QED) is 0.521. The van der Waals surface area contributed by atoms with Crippen LogP contribution in [0.5, 0.6) is 5.75 Å². The summed E-state index contributed by atoms with van der Waals surface area (Å²) in [7, 11) is -2.18. The minimum absolute atomic E-state index is 0.0877. The third kappa shape index (κ3) is 4.88. The van der Waals surface area contributed by atoms with Crippen LogP contribution in [-0.2, 0) is 21.4 Å². The molecule has 2 aromatic carbocycles. The molecule has 0 atom stereocenters. The van der Waals surface area contributed by atoms with Crippen LogP contribution in [0, 0.1) is 5.92 Å². The van der Waals surface area contributed by atoms with E-state index in [0.29, 0.717) is 55.9 Å². The van der Waals surface area contributed by atoms with E-state index < -0.39 is 15.8 Å². The van der Waals surface area contributed by atoms with Gasteiger partial charge in [-0.15, -0.1) is 0 Å². The van der Waals surface area contributed by atoms with E-state index in [-0.39, 0.29) is 22.3 Å². The molecule has 10 heteroatoms. The van der Waals surface area contributed by atoms with E-state index in [2.05, 4.69) is 5.32 Å². The highest BCUT2D eigenvalue weighted by Gasteiger charge is 2.31. The highest BCUT2D eigenvalue weighted by molar-refractivity contribution is 7.89. The minimum Gasteiger partial charge on any atom is -0.495 e. The largest absolute Gasteiger partial charge is 0.495 e. The van der Waals surface area contributed by atoms with Crippen molar-refractivity contribution in [1.82, 2.24) is 8.87 Å². The molecule has 4 rings (SSSR count). The number of rotatable bonds is 8. The van der Waals surface area contributed by atoms with E-state index in [1.807, 2.05) is 19.1 Å². The van der Waals surface area contributed by atoms with Crippen molar-refractivity contribution in [1.29, 1.82) is 0 Å². The molecular formula is C24H29N3O6S. The summed E-state index contributed by atoms with van der Waals surface area (Å²) >= 11 is 0. The van der Waals surface area contributed by atoms with Gasteiger partial charge in [-0.25, -0.2) is 13.2 Å². The van der Waals surface area contributed by atoms with Crippen LogP contribution in [-0.4, -0.2) is 43.4 Å². The maximum atomic E-state index is 13.2. The number of amides is 1. The van der Waals surface area contributed by atoms with Crippen molar-refractivity contribution >= 4 is 32.7 Å². The Morgan fingerprint density at radius 2 is 1.91 bits per heavy atom. The van der Waals surface area contributed by atoms with Gasteiger partial charge in [0.15, 0.2) is 5.58 Å². The second-order valence-electron chi connectivity index (χ2n) is 8.45. The SMILES string of the molecule is CCCn1c(=O)oc2cc(S(=O)(=O)N3CCC(CC(=O)Nc4ccccc4OC)CC3)ccc21. The van der Waals surface area contributed by atoms with Gasteiger partial charge in [0.25, 0.3) is 0 Å². The first kappa shape index (κ1) is 24.0. The number of para-hydroxylation sites is 2. The molecule has 1 amide bonds. The van der Waals surface area contributed by atoms with Crippen molar-refractivity contribution in [3.63, 3.8) is 0 Å². The molecular weight excluding hydrogens is 458 g/mol. The van der Waals surface area contributed by atoms with Crippen molar-refractivity contribution in [3.05, 3.63) is 53.0 Å². The second kappa shape index (κ2) is 10.0. The number of carbonyl (C=O) groups is 1. The van der Waals surface area contributed by atoms with Gasteiger partial charge in [-0.05, 0) is 49.4 Å². The number of aryl methyl sites for hydroxylation is 1. The van der Waals surface area contributed by atoms with Gasteiger partial charge in [0.05, 0.1) is 23.2 Å². The molecule has 1 aromatic heterocycles. The zero-order chi connectivity index (χ0) is 24.3. The van der Waals surface area contributed by atoms with Gasteiger partial charge < -0.3 is 14.5 Å². The Kier molecular flexibility index (Phi) is 7.08. The summed E-state index contributed by atoms with van der Waals surface area (Å²) in [6.07, 6.45) is 2.25. The number of ether oxygens (including phenoxy) is 1. The molecule has 9 nitrogen and oxygen atoms in total. The van der Waals surface area contributed by atoms with E-state index >= 15 is 0 Å². The third-order valence-corrected chi connectivity index (χ3v) is 8.05. The van der Waals surface area contributed by atoms with Crippen LogP contribution >= 0.6 is 0 Å². The van der Waals surface area contributed by atoms with Crippen LogP contribution in [0.1, 0.15) is 32.6 Å². The Bertz CT molecular complexity index is 1340. The summed E-state index contributed by atoms with van der Waals surface area (Å²) in [5.74, 6) is 0.0702. The van der Waals surface area contributed by atoms with Gasteiger partial charge in [-0.1, -0.05) is 19.1 Å². The molecule has 0 aliphatic carbocycles. The van der Waals surface area contributed by atoms with Crippen LogP contribution in [0.15, 0.2) is 56.6 Å². The van der Waals surface area contributed by atoms with Gasteiger partial charge in [-0.2, -0.15) is 4.31 Å². The number of oxazole rings is 1. The number of aromatic nitrogens is 1. The number of carbonyl (C=O) groups excluding carboxylic acids is 1. The number of sulfonamides is 1. The van der Waals surface area contributed by atoms with Crippen molar-refractivity contribution in [2.75, 3.05) is 25.5 Å². The number of benzene rings is 2. The molecule has 3 aromatic rings. The lowest BCUT2D eigenvalue weighted by atomic mass is 9.94. The fourth-order valence-corrected chi connectivity index (χ4v) is 5.84. The number of methoxy groups -OCH3 is 1. The predicted octanol–water partition coefficient (Wildman–Crippen LogP) is 3.44. The van der Waals surface area contributed by atoms with Crippen molar-refractivity contribution in [2.24, 2.45) is 5.92 Å². The maximum Gasteiger partial charge on any atom is 0.419 e. The fourth-order valence-electron chi connectivity index (χ4n) is 4.36. The van der Waals surface area contributed by atoms with E-state index in [1.54, 1.807) is 25.3 Å². The molecule has 1 N–H and O–H groups in total. The molecule has 1 saturated heterocycles. The molecule has 182 valence electrons. The Balaban J connectivity index is 1.39. The van der Waals surface area contributed by atoms with Gasteiger partial charge in [0.1, 0.15) is 5.75 Å². The second-order valence-corrected chi connectivity index (χ2v) is 10.4. The molecule has 2 heterocycles. The summed E-state index contributed by atoms with van der Waals surface area (Å²) in [5.41, 5.74) is 1.47. The molecule has 0 saturated carbocycles. The minimum atomic E-state index is -3.73. The van der Waals surface area contributed by atoms with E-state index in [0.717, 1.165) is 6.42 Å². The molecule has 0 spiro atoms. The van der Waals surface area contributed by atoms with E-state index in [4.69, 9.17) is 9.15 Å². The zero-order valence-electron chi connectivity index (χ0n) is 19.3. The number of anilines is 1. The Hall–Kier alpha value is -3.11. The first-order valence-corrected chi connectivity index (χ1v) is 12.8. The standard InChI is InChI=1S/C24H29N3O6S/c1-3-12-27-20-9-8-18(16-22(20)33-24(27)29)34(30,31)26-13-10-17(11-14-26)15-23(28)25-19-6-4-5-7-21(19)32-2/h4-9,16-17H,3,10-15H2,1-2H3,(H,25,28). The first-order valence-electron chi connectivity index (χ1n) is 11.4. The van der Waals surface area contributed by atoms with E-state index in [9.17, 15) is 18.0 Å². The highest BCUT2D eigenvalue weighted by atomic mass is 32.2. The lowest BCUT2D eigenvalue weighted by molar-refractivity contribution is -0.117. The van der Waals surface area contributed by atoms with Crippen molar-refractivity contribution in [2.45, 2.75) is 44.0 Å². The summed E-state index contributed by atoms with van der Waals surface area (Å²) in [5, 5.41) is 2.87. The molecule has 0 radical (unpaired) electrons. The summed E-state index contributed by atoms with van der Waals surface area (Å²) in [6.45, 7) is 3.12. The number of hydrogen-bond donors (Lipinski definition) is 1. The average Bonchev–Trinajstić information content (AvgIpc) is 3.14. The normalized spacial score (nSPS) is 15.5. The maximum absolute atomic E-state index is 13.2. The average molecular weight is 488 g/mol. The molecule has 1 fully saturated rings. The Labute approximate surface area is 198 Å². The summed E-state index contributed by atoms with van der Waals surface area (Å²) in [4.78, 5) is 24.7. The third-order valence-electron chi connectivity index (χ3n) is 6.15. The fraction of sp³-hybridized carbons (Fsp3) is 0.417. The first-order chi connectivity index (χ1) is 16.3. The van der Waals surface area contributed by atoms with Gasteiger partial charge in [0.2, 0.25) is 15.9 Å². The van der Waals surface area contributed by atoms with E-state index in [1.165, 1.54) is 21.0 Å². The van der Waals surface area contributed by atoms with Crippen LogP contribution < -0.4 is 15.8 Å². The molecule has 34 heavy (non-hydrogen) atoms. The molecule has 1 aliphatic heterocycles. The monoisotopic (exact) mass is 487 g/mol. The van der Waals surface area contributed by atoms with Gasteiger partial charge >= 0.3 is 5.76 Å². The molecule has 0 unspecified atom stereocenters. The van der Waals surface area contributed by atoms with Crippen LogP contribution in [0.2, 0.25) is 0 Å². The van der Waals surface area contributed by atoms with Gasteiger partial charge in [0, 0.05) is 32.1 Å². The van der Waals surface area contributed by atoms with Crippen LogP contribution in [0.3, 0.4) is 0 Å². The zero-order valence-corrected chi connectivity index (χ0v) is 20.1. The van der Waals surface area contributed by atoms with Crippen molar-refractivity contribution < 1.29 is 22.4 Å². The summed E-state index contributed by atoms with van der Waals surface area (Å²) < 4.78 is 39.9. The Morgan fingerprint density at radius 1 is 1.18 bits per heavy atom. The number of hydrogen-bond acceptors (Lipinski definition) is 6. The number of nitrogens with zero attached hydrogens (tertiary/aromatic N) is 2. The molecule has 1 aliphatic rings. The lowest BCUT2D eigenvalue weighted by Gasteiger charge is -2.31. The number of piperidine rings is 1. The number of nitrogens with one attached hydrogen (secondary N) is 1. The summed E-state index contributed by atoms with van der Waals surface area (Å²) in [6, 6.07) is 11.8. The van der Waals surface area contributed by atoms with Crippen molar-refractivity contribution in [3.8, 4) is 5.75 Å². The molecule has 0 bridgehead atoms. The Morgan fingerprint density at radius 3 is 2.62 bits per heavy atom. The lowest BCUT2D eigenvalue weighted by Crippen LogP contribution is -2.39. The topological polar surface area (TPSA) is 111 Å². The van der Waals surface area contributed by atoms with Crippen LogP contribution in [0.4, 0.5) is 5.69 Å². The van der Waals surface area contributed by atoms with Crippen LogP contribution in [0.25, 0.3) is 11.1 Å². The highest BCUT2D eigenvalue weighted by Crippen LogP contribution is 2.29. The predicted molar refractivity (Wildman–Crippen MR) is 128 cm³/mol. The van der Waals surface area contributed by atoms with Gasteiger partial charge in [-0.3, -0.25) is 9.36 Å².